The monoisotopic (exact) mass is 258 g/mol. The number of halogens is 1. The molecular weight excluding hydrogens is 248 g/mol. The molecule has 0 fully saturated rings. The normalized spacial score (nSPS) is 10.8. The fourth-order valence-corrected chi connectivity index (χ4v) is 2.22. The Morgan fingerprint density at radius 1 is 1.17 bits per heavy atom. The van der Waals surface area contributed by atoms with Crippen LogP contribution in [-0.2, 0) is 0 Å². The maximum atomic E-state index is 6.22. The molecule has 0 spiro atoms. The minimum Gasteiger partial charge on any atom is -0.497 e. The number of ether oxygens (including phenoxy) is 1. The Kier molecular flexibility index (Phi) is 2.68. The van der Waals surface area contributed by atoms with E-state index >= 15 is 0 Å². The van der Waals surface area contributed by atoms with Crippen molar-refractivity contribution in [2.24, 2.45) is 0 Å². The van der Waals surface area contributed by atoms with E-state index in [0.717, 1.165) is 22.7 Å². The number of pyridine rings is 1. The maximum Gasteiger partial charge on any atom is 0.145 e. The molecule has 3 rings (SSSR count). The SMILES string of the molecule is COc1cccc(-c2ncc3cccc(Cl)n23)c1. The lowest BCUT2D eigenvalue weighted by Gasteiger charge is -2.05. The van der Waals surface area contributed by atoms with Crippen LogP contribution in [0.2, 0.25) is 5.15 Å². The number of imidazole rings is 1. The van der Waals surface area contributed by atoms with Crippen molar-refractivity contribution in [1.82, 2.24) is 9.38 Å². The summed E-state index contributed by atoms with van der Waals surface area (Å²) in [6.07, 6.45) is 1.81. The number of benzene rings is 1. The first-order chi connectivity index (χ1) is 8.79. The molecule has 1 aromatic carbocycles. The third-order valence-corrected chi connectivity index (χ3v) is 3.13. The fourth-order valence-electron chi connectivity index (χ4n) is 1.97. The van der Waals surface area contributed by atoms with Gasteiger partial charge in [0, 0.05) is 5.56 Å². The van der Waals surface area contributed by atoms with Crippen molar-refractivity contribution >= 4 is 17.1 Å². The van der Waals surface area contributed by atoms with E-state index in [4.69, 9.17) is 16.3 Å². The first-order valence-corrected chi connectivity index (χ1v) is 5.94. The smallest absolute Gasteiger partial charge is 0.145 e. The molecular formula is C14H11ClN2O. The van der Waals surface area contributed by atoms with Gasteiger partial charge < -0.3 is 4.74 Å². The summed E-state index contributed by atoms with van der Waals surface area (Å²) in [6.45, 7) is 0. The van der Waals surface area contributed by atoms with E-state index in [1.54, 1.807) is 13.3 Å². The van der Waals surface area contributed by atoms with Crippen LogP contribution in [0.5, 0.6) is 5.75 Å². The highest BCUT2D eigenvalue weighted by molar-refractivity contribution is 6.30. The summed E-state index contributed by atoms with van der Waals surface area (Å²) in [7, 11) is 1.65. The molecule has 0 radical (unpaired) electrons. The van der Waals surface area contributed by atoms with Crippen molar-refractivity contribution in [3.8, 4) is 17.1 Å². The van der Waals surface area contributed by atoms with Crippen LogP contribution in [0.4, 0.5) is 0 Å². The number of fused-ring (bicyclic) bond motifs is 1. The Balaban J connectivity index is 2.25. The van der Waals surface area contributed by atoms with Gasteiger partial charge in [-0.1, -0.05) is 29.8 Å². The zero-order chi connectivity index (χ0) is 12.5. The summed E-state index contributed by atoms with van der Waals surface area (Å²) in [6, 6.07) is 13.5. The average molecular weight is 259 g/mol. The van der Waals surface area contributed by atoms with Gasteiger partial charge in [-0.15, -0.1) is 0 Å². The molecule has 2 heterocycles. The van der Waals surface area contributed by atoms with Gasteiger partial charge in [-0.25, -0.2) is 4.98 Å². The Bertz CT molecular complexity index is 706. The summed E-state index contributed by atoms with van der Waals surface area (Å²) in [5.41, 5.74) is 1.95. The molecule has 0 saturated carbocycles. The van der Waals surface area contributed by atoms with Gasteiger partial charge in [0.15, 0.2) is 0 Å². The van der Waals surface area contributed by atoms with Crippen molar-refractivity contribution in [2.45, 2.75) is 0 Å². The molecule has 0 saturated heterocycles. The van der Waals surface area contributed by atoms with Crippen molar-refractivity contribution < 1.29 is 4.74 Å². The van der Waals surface area contributed by atoms with Gasteiger partial charge in [0.25, 0.3) is 0 Å². The van der Waals surface area contributed by atoms with Crippen LogP contribution >= 0.6 is 11.6 Å². The molecule has 18 heavy (non-hydrogen) atoms. The zero-order valence-electron chi connectivity index (χ0n) is 9.80. The second kappa shape index (κ2) is 4.35. The molecule has 0 bridgehead atoms. The van der Waals surface area contributed by atoms with Crippen molar-refractivity contribution in [3.63, 3.8) is 0 Å². The third kappa shape index (κ3) is 1.73. The topological polar surface area (TPSA) is 26.5 Å². The number of nitrogens with zero attached hydrogens (tertiary/aromatic N) is 2. The quantitative estimate of drug-likeness (QED) is 0.656. The molecule has 0 aliphatic rings. The zero-order valence-corrected chi connectivity index (χ0v) is 10.6. The number of aromatic nitrogens is 2. The van der Waals surface area contributed by atoms with E-state index in [0.29, 0.717) is 5.15 Å². The van der Waals surface area contributed by atoms with Gasteiger partial charge >= 0.3 is 0 Å². The van der Waals surface area contributed by atoms with Crippen LogP contribution in [0.1, 0.15) is 0 Å². The van der Waals surface area contributed by atoms with E-state index in [-0.39, 0.29) is 0 Å². The number of hydrogen-bond donors (Lipinski definition) is 0. The molecule has 0 unspecified atom stereocenters. The maximum absolute atomic E-state index is 6.22. The molecule has 0 aliphatic carbocycles. The standard InChI is InChI=1S/C14H11ClN2O/c1-18-12-6-2-4-10(8-12)14-16-9-11-5-3-7-13(15)17(11)14/h2-9H,1H3. The van der Waals surface area contributed by atoms with Crippen molar-refractivity contribution in [2.75, 3.05) is 7.11 Å². The number of methoxy groups -OCH3 is 1. The van der Waals surface area contributed by atoms with Gasteiger partial charge in [0.1, 0.15) is 16.7 Å². The summed E-state index contributed by atoms with van der Waals surface area (Å²) in [5.74, 6) is 1.62. The van der Waals surface area contributed by atoms with Crippen molar-refractivity contribution in [3.05, 3.63) is 53.8 Å². The van der Waals surface area contributed by atoms with E-state index in [2.05, 4.69) is 4.98 Å². The molecule has 0 atom stereocenters. The van der Waals surface area contributed by atoms with E-state index in [1.807, 2.05) is 46.9 Å². The number of rotatable bonds is 2. The molecule has 90 valence electrons. The summed E-state index contributed by atoms with van der Waals surface area (Å²) in [5, 5.41) is 0.641. The lowest BCUT2D eigenvalue weighted by atomic mass is 10.2. The van der Waals surface area contributed by atoms with Gasteiger partial charge in [-0.05, 0) is 24.3 Å². The second-order valence-corrected chi connectivity index (χ2v) is 4.31. The van der Waals surface area contributed by atoms with Gasteiger partial charge in [0.05, 0.1) is 18.8 Å². The summed E-state index contributed by atoms with van der Waals surface area (Å²) < 4.78 is 7.14. The Labute approximate surface area is 110 Å². The van der Waals surface area contributed by atoms with Crippen LogP contribution in [0.3, 0.4) is 0 Å². The largest absolute Gasteiger partial charge is 0.497 e. The van der Waals surface area contributed by atoms with Crippen LogP contribution in [0, 0.1) is 0 Å². The highest BCUT2D eigenvalue weighted by atomic mass is 35.5. The highest BCUT2D eigenvalue weighted by Crippen LogP contribution is 2.26. The molecule has 2 aromatic heterocycles. The predicted octanol–water partition coefficient (Wildman–Crippen LogP) is 3.66. The summed E-state index contributed by atoms with van der Waals surface area (Å²) in [4.78, 5) is 4.42. The van der Waals surface area contributed by atoms with Crippen molar-refractivity contribution in [1.29, 1.82) is 0 Å². The van der Waals surface area contributed by atoms with Crippen LogP contribution in [-0.4, -0.2) is 16.5 Å². The number of hydrogen-bond acceptors (Lipinski definition) is 2. The average Bonchev–Trinajstić information content (AvgIpc) is 2.84. The summed E-state index contributed by atoms with van der Waals surface area (Å²) >= 11 is 6.22. The van der Waals surface area contributed by atoms with Gasteiger partial charge in [-0.2, -0.15) is 0 Å². The Morgan fingerprint density at radius 2 is 2.00 bits per heavy atom. The molecule has 3 nitrogen and oxygen atoms in total. The lowest BCUT2D eigenvalue weighted by Crippen LogP contribution is -1.91. The first-order valence-electron chi connectivity index (χ1n) is 5.56. The molecule has 0 amide bonds. The van der Waals surface area contributed by atoms with Crippen LogP contribution in [0.25, 0.3) is 16.9 Å². The van der Waals surface area contributed by atoms with E-state index in [1.165, 1.54) is 0 Å². The Morgan fingerprint density at radius 3 is 2.83 bits per heavy atom. The van der Waals surface area contributed by atoms with E-state index in [9.17, 15) is 0 Å². The lowest BCUT2D eigenvalue weighted by molar-refractivity contribution is 0.415. The van der Waals surface area contributed by atoms with Gasteiger partial charge in [0.2, 0.25) is 0 Å². The highest BCUT2D eigenvalue weighted by Gasteiger charge is 2.09. The van der Waals surface area contributed by atoms with Crippen LogP contribution < -0.4 is 4.74 Å². The molecule has 0 N–H and O–H groups in total. The van der Waals surface area contributed by atoms with Gasteiger partial charge in [-0.3, -0.25) is 4.40 Å². The fraction of sp³-hybridized carbons (Fsp3) is 0.0714. The van der Waals surface area contributed by atoms with E-state index < -0.39 is 0 Å². The molecule has 0 aliphatic heterocycles. The first kappa shape index (κ1) is 11.1. The predicted molar refractivity (Wildman–Crippen MR) is 72.2 cm³/mol. The third-order valence-electron chi connectivity index (χ3n) is 2.83. The minimum atomic E-state index is 0.641. The Hall–Kier alpha value is -2.00. The minimum absolute atomic E-state index is 0.641. The molecule has 4 heteroatoms. The second-order valence-electron chi connectivity index (χ2n) is 3.92. The molecule has 3 aromatic rings. The van der Waals surface area contributed by atoms with Crippen LogP contribution in [0.15, 0.2) is 48.7 Å².